The number of carbonyl (C=O) groups is 1. The lowest BCUT2D eigenvalue weighted by atomic mass is 10.2. The molecule has 2 aromatic rings. The molecule has 126 valence electrons. The van der Waals surface area contributed by atoms with Crippen LogP contribution >= 0.6 is 0 Å². The van der Waals surface area contributed by atoms with E-state index in [1.165, 1.54) is 4.68 Å². The third-order valence-electron chi connectivity index (χ3n) is 4.34. The van der Waals surface area contributed by atoms with Crippen LogP contribution in [0, 0.1) is 0 Å². The zero-order valence-electron chi connectivity index (χ0n) is 13.4. The number of urea groups is 1. The van der Waals surface area contributed by atoms with E-state index in [9.17, 15) is 9.59 Å². The molecule has 2 N–H and O–H groups in total. The molecule has 1 heterocycles. The molecule has 0 atom stereocenters. The predicted molar refractivity (Wildman–Crippen MR) is 89.8 cm³/mol. The van der Waals surface area contributed by atoms with Crippen LogP contribution in [-0.4, -0.2) is 33.0 Å². The molecular formula is C17H21N5O2. The summed E-state index contributed by atoms with van der Waals surface area (Å²) in [6.07, 6.45) is 4.15. The van der Waals surface area contributed by atoms with Gasteiger partial charge in [0.15, 0.2) is 5.82 Å². The Kier molecular flexibility index (Phi) is 3.84. The van der Waals surface area contributed by atoms with E-state index in [-0.39, 0.29) is 17.8 Å². The summed E-state index contributed by atoms with van der Waals surface area (Å²) in [4.78, 5) is 24.3. The fourth-order valence-corrected chi connectivity index (χ4v) is 2.75. The summed E-state index contributed by atoms with van der Waals surface area (Å²) in [6, 6.07) is 10.2. The maximum atomic E-state index is 12.6. The number of nitrogens with one attached hydrogen (secondary N) is 2. The van der Waals surface area contributed by atoms with Gasteiger partial charge in [0, 0.05) is 24.2 Å². The Hall–Kier alpha value is -2.57. The van der Waals surface area contributed by atoms with E-state index in [1.807, 2.05) is 30.3 Å². The van der Waals surface area contributed by atoms with Crippen molar-refractivity contribution in [1.82, 2.24) is 25.0 Å². The molecule has 1 aromatic carbocycles. The van der Waals surface area contributed by atoms with E-state index < -0.39 is 0 Å². The summed E-state index contributed by atoms with van der Waals surface area (Å²) in [5.74, 6) is 0.713. The summed E-state index contributed by atoms with van der Waals surface area (Å²) >= 11 is 0. The second-order valence-corrected chi connectivity index (χ2v) is 6.47. The van der Waals surface area contributed by atoms with Gasteiger partial charge in [0.05, 0.1) is 6.54 Å². The van der Waals surface area contributed by atoms with Crippen molar-refractivity contribution in [1.29, 1.82) is 0 Å². The first-order valence-corrected chi connectivity index (χ1v) is 8.51. The largest absolute Gasteiger partial charge is 0.346 e. The minimum atomic E-state index is -0.171. The minimum absolute atomic E-state index is 0.0965. The van der Waals surface area contributed by atoms with Gasteiger partial charge in [-0.15, -0.1) is 5.10 Å². The Morgan fingerprint density at radius 2 is 1.92 bits per heavy atom. The maximum Gasteiger partial charge on any atom is 0.346 e. The van der Waals surface area contributed by atoms with E-state index in [4.69, 9.17) is 0 Å². The van der Waals surface area contributed by atoms with Gasteiger partial charge < -0.3 is 10.6 Å². The molecule has 2 aliphatic rings. The van der Waals surface area contributed by atoms with Crippen molar-refractivity contribution >= 4 is 6.03 Å². The normalized spacial score (nSPS) is 16.8. The zero-order chi connectivity index (χ0) is 16.5. The smallest absolute Gasteiger partial charge is 0.336 e. The van der Waals surface area contributed by atoms with Crippen LogP contribution in [0.2, 0.25) is 0 Å². The molecule has 7 heteroatoms. The molecule has 0 radical (unpaired) electrons. The highest BCUT2D eigenvalue weighted by atomic mass is 16.2. The zero-order valence-corrected chi connectivity index (χ0v) is 13.4. The Morgan fingerprint density at radius 1 is 1.17 bits per heavy atom. The first kappa shape index (κ1) is 15.0. The van der Waals surface area contributed by atoms with E-state index in [2.05, 4.69) is 15.7 Å². The number of nitrogens with zero attached hydrogens (tertiary/aromatic N) is 3. The van der Waals surface area contributed by atoms with Crippen molar-refractivity contribution < 1.29 is 4.79 Å². The second-order valence-electron chi connectivity index (χ2n) is 6.47. The number of carbonyl (C=O) groups excluding carboxylic acids is 1. The number of amides is 2. The fourth-order valence-electron chi connectivity index (χ4n) is 2.75. The van der Waals surface area contributed by atoms with E-state index in [1.54, 1.807) is 4.57 Å². The number of hydrogen-bond donors (Lipinski definition) is 2. The molecule has 2 saturated carbocycles. The third-order valence-corrected chi connectivity index (χ3v) is 4.34. The van der Waals surface area contributed by atoms with Gasteiger partial charge in [0.2, 0.25) is 0 Å². The molecule has 2 aliphatic carbocycles. The van der Waals surface area contributed by atoms with Gasteiger partial charge in [-0.05, 0) is 25.7 Å². The summed E-state index contributed by atoms with van der Waals surface area (Å²) in [5.41, 5.74) is 0.848. The molecular weight excluding hydrogens is 306 g/mol. The van der Waals surface area contributed by atoms with Gasteiger partial charge in [0.25, 0.3) is 0 Å². The van der Waals surface area contributed by atoms with E-state index >= 15 is 0 Å². The van der Waals surface area contributed by atoms with Gasteiger partial charge in [-0.25, -0.2) is 14.3 Å². The standard InChI is InChI=1S/C17H21N5O2/c23-16(19-13-6-7-13)18-10-11-21-17(24)22(14-8-9-14)15(20-21)12-4-2-1-3-5-12/h1-5,13-14H,6-11H2,(H2,18,19,23). The summed E-state index contributed by atoms with van der Waals surface area (Å²) < 4.78 is 3.25. The van der Waals surface area contributed by atoms with E-state index in [0.29, 0.717) is 25.0 Å². The molecule has 0 unspecified atom stereocenters. The highest BCUT2D eigenvalue weighted by molar-refractivity contribution is 5.74. The summed E-state index contributed by atoms with van der Waals surface area (Å²) in [5, 5.41) is 10.2. The topological polar surface area (TPSA) is 81.0 Å². The third kappa shape index (κ3) is 3.20. The molecule has 4 rings (SSSR count). The molecule has 7 nitrogen and oxygen atoms in total. The average Bonchev–Trinajstić information content (AvgIpc) is 3.50. The van der Waals surface area contributed by atoms with Crippen LogP contribution in [0.15, 0.2) is 35.1 Å². The SMILES string of the molecule is O=C(NCCn1nc(-c2ccccc2)n(C2CC2)c1=O)NC1CC1. The first-order valence-electron chi connectivity index (χ1n) is 8.51. The molecule has 24 heavy (non-hydrogen) atoms. The van der Waals surface area contributed by atoms with Crippen molar-refractivity contribution in [2.24, 2.45) is 0 Å². The van der Waals surface area contributed by atoms with Crippen LogP contribution in [-0.2, 0) is 6.54 Å². The Morgan fingerprint density at radius 3 is 2.58 bits per heavy atom. The number of rotatable bonds is 6. The minimum Gasteiger partial charge on any atom is -0.336 e. The van der Waals surface area contributed by atoms with Gasteiger partial charge in [-0.1, -0.05) is 30.3 Å². The number of aromatic nitrogens is 3. The maximum absolute atomic E-state index is 12.6. The van der Waals surface area contributed by atoms with E-state index in [0.717, 1.165) is 31.2 Å². The van der Waals surface area contributed by atoms with Gasteiger partial charge in [-0.3, -0.25) is 4.57 Å². The first-order chi connectivity index (χ1) is 11.7. The van der Waals surface area contributed by atoms with Gasteiger partial charge in [-0.2, -0.15) is 0 Å². The lowest BCUT2D eigenvalue weighted by molar-refractivity contribution is 0.240. The second kappa shape index (κ2) is 6.14. The Labute approximate surface area is 139 Å². The summed E-state index contributed by atoms with van der Waals surface area (Å²) in [6.45, 7) is 0.755. The van der Waals surface area contributed by atoms with Gasteiger partial charge >= 0.3 is 11.7 Å². The molecule has 2 amide bonds. The molecule has 0 aliphatic heterocycles. The monoisotopic (exact) mass is 327 g/mol. The van der Waals surface area contributed by atoms with Crippen molar-refractivity contribution in [3.8, 4) is 11.4 Å². The highest BCUT2D eigenvalue weighted by Crippen LogP contribution is 2.36. The molecule has 1 aromatic heterocycles. The lowest BCUT2D eigenvalue weighted by Crippen LogP contribution is -2.39. The van der Waals surface area contributed by atoms with Gasteiger partial charge in [0.1, 0.15) is 0 Å². The number of benzene rings is 1. The molecule has 2 fully saturated rings. The highest BCUT2D eigenvalue weighted by Gasteiger charge is 2.30. The molecule has 0 saturated heterocycles. The van der Waals surface area contributed by atoms with Crippen LogP contribution in [0.3, 0.4) is 0 Å². The fraction of sp³-hybridized carbons (Fsp3) is 0.471. The van der Waals surface area contributed by atoms with Crippen LogP contribution < -0.4 is 16.3 Å². The van der Waals surface area contributed by atoms with Crippen molar-refractivity contribution in [2.75, 3.05) is 6.54 Å². The Balaban J connectivity index is 1.49. The lowest BCUT2D eigenvalue weighted by Gasteiger charge is -2.05. The van der Waals surface area contributed by atoms with Crippen LogP contribution in [0.1, 0.15) is 31.7 Å². The van der Waals surface area contributed by atoms with Crippen LogP contribution in [0.5, 0.6) is 0 Å². The van der Waals surface area contributed by atoms with Crippen molar-refractivity contribution in [2.45, 2.75) is 44.3 Å². The van der Waals surface area contributed by atoms with Crippen LogP contribution in [0.25, 0.3) is 11.4 Å². The summed E-state index contributed by atoms with van der Waals surface area (Å²) in [7, 11) is 0. The predicted octanol–water partition coefficient (Wildman–Crippen LogP) is 1.51. The number of hydrogen-bond acceptors (Lipinski definition) is 3. The molecule has 0 bridgehead atoms. The molecule has 0 spiro atoms. The van der Waals surface area contributed by atoms with Crippen LogP contribution in [0.4, 0.5) is 4.79 Å². The Bertz CT molecular complexity index is 787. The quantitative estimate of drug-likeness (QED) is 0.844. The van der Waals surface area contributed by atoms with Crippen molar-refractivity contribution in [3.63, 3.8) is 0 Å². The van der Waals surface area contributed by atoms with Crippen molar-refractivity contribution in [3.05, 3.63) is 40.8 Å². The average molecular weight is 327 g/mol.